The fourth-order valence-electron chi connectivity index (χ4n) is 6.02. The van der Waals surface area contributed by atoms with Crippen molar-refractivity contribution in [2.24, 2.45) is 0 Å². The number of aromatic nitrogens is 2. The first-order chi connectivity index (χ1) is 26.7. The van der Waals surface area contributed by atoms with Gasteiger partial charge in [0.05, 0.1) is 28.9 Å². The highest BCUT2D eigenvalue weighted by molar-refractivity contribution is 5.91. The molecule has 1 N–H and O–H groups in total. The van der Waals surface area contributed by atoms with Crippen molar-refractivity contribution in [2.75, 3.05) is 13.2 Å². The van der Waals surface area contributed by atoms with Crippen LogP contribution in [0.4, 0.5) is 0 Å². The summed E-state index contributed by atoms with van der Waals surface area (Å²) in [5.74, 6) is -3.10. The van der Waals surface area contributed by atoms with Gasteiger partial charge in [0.25, 0.3) is 5.56 Å². The van der Waals surface area contributed by atoms with Crippen LogP contribution in [0, 0.1) is 6.92 Å². The maximum Gasteiger partial charge on any atom is 0.338 e. The van der Waals surface area contributed by atoms with Crippen LogP contribution in [0.2, 0.25) is 0 Å². The van der Waals surface area contributed by atoms with Crippen LogP contribution in [-0.2, 0) is 28.5 Å². The molecule has 1 aromatic heterocycles. The van der Waals surface area contributed by atoms with E-state index in [1.165, 1.54) is 37.3 Å². The van der Waals surface area contributed by atoms with E-state index in [4.69, 9.17) is 23.7 Å². The Hall–Kier alpha value is -6.08. The van der Waals surface area contributed by atoms with Crippen LogP contribution >= 0.6 is 0 Å². The molecule has 1 aliphatic heterocycles. The molecule has 55 heavy (non-hydrogen) atoms. The van der Waals surface area contributed by atoms with Crippen molar-refractivity contribution in [1.29, 1.82) is 0 Å². The number of esters is 4. The van der Waals surface area contributed by atoms with E-state index in [1.807, 2.05) is 0 Å². The number of nitrogens with one attached hydrogen (secondary N) is 1. The molecule has 2 heterocycles. The van der Waals surface area contributed by atoms with Crippen molar-refractivity contribution in [2.45, 2.75) is 76.9 Å². The predicted molar refractivity (Wildman–Crippen MR) is 201 cm³/mol. The van der Waals surface area contributed by atoms with Gasteiger partial charge in [0.15, 0.2) is 18.4 Å². The molecule has 0 saturated carbocycles. The molecule has 0 aliphatic carbocycles. The van der Waals surface area contributed by atoms with Gasteiger partial charge in [0.1, 0.15) is 12.7 Å². The van der Waals surface area contributed by atoms with E-state index in [-0.39, 0.29) is 34.6 Å². The largest absolute Gasteiger partial charge is 0.463 e. The molecule has 0 unspecified atom stereocenters. The molecule has 0 amide bonds. The third-order valence-corrected chi connectivity index (χ3v) is 8.93. The third-order valence-electron chi connectivity index (χ3n) is 8.93. The Bertz CT molecular complexity index is 2060. The van der Waals surface area contributed by atoms with Crippen LogP contribution in [0.25, 0.3) is 6.08 Å². The van der Waals surface area contributed by atoms with Crippen molar-refractivity contribution in [3.05, 3.63) is 146 Å². The van der Waals surface area contributed by atoms with E-state index in [9.17, 15) is 28.8 Å². The molecule has 0 spiro atoms. The maximum atomic E-state index is 14.1. The van der Waals surface area contributed by atoms with Gasteiger partial charge in [-0.05, 0) is 55.8 Å². The number of ether oxygens (including phenoxy) is 5. The van der Waals surface area contributed by atoms with E-state index < -0.39 is 66.3 Å². The second-order valence-corrected chi connectivity index (χ2v) is 12.9. The summed E-state index contributed by atoms with van der Waals surface area (Å²) < 4.78 is 29.6. The minimum absolute atomic E-state index is 0.0790. The molecule has 4 atom stereocenters. The van der Waals surface area contributed by atoms with E-state index in [1.54, 1.807) is 66.7 Å². The third kappa shape index (κ3) is 10.8. The number of nitrogens with zero attached hydrogens (tertiary/aromatic N) is 1. The SMILES string of the molecule is CCCCCCCCOC(=O)/C=C/c1c(C)[nH]c(=O)n([C@@H]2O[C@@H](COC(=O)c3ccccc3)[C@H](OC(=O)c3ccccc3)[C@@H]2OC(=O)c2ccccc2)c1=O. The Morgan fingerprint density at radius 3 is 1.82 bits per heavy atom. The van der Waals surface area contributed by atoms with Crippen molar-refractivity contribution in [3.8, 4) is 0 Å². The average molecular weight is 753 g/mol. The highest BCUT2D eigenvalue weighted by atomic mass is 16.7. The molecule has 13 nitrogen and oxygen atoms in total. The van der Waals surface area contributed by atoms with Crippen LogP contribution in [0.5, 0.6) is 0 Å². The topological polar surface area (TPSA) is 169 Å². The minimum Gasteiger partial charge on any atom is -0.463 e. The zero-order chi connectivity index (χ0) is 39.2. The summed E-state index contributed by atoms with van der Waals surface area (Å²) in [4.78, 5) is 82.9. The monoisotopic (exact) mass is 752 g/mol. The number of aromatic amines is 1. The predicted octanol–water partition coefficient (Wildman–Crippen LogP) is 5.97. The van der Waals surface area contributed by atoms with Gasteiger partial charge < -0.3 is 28.7 Å². The van der Waals surface area contributed by atoms with Gasteiger partial charge in [0, 0.05) is 11.8 Å². The second-order valence-electron chi connectivity index (χ2n) is 12.9. The number of aryl methyl sites for hydroxylation is 1. The first-order valence-corrected chi connectivity index (χ1v) is 18.3. The van der Waals surface area contributed by atoms with Gasteiger partial charge in [-0.1, -0.05) is 93.6 Å². The van der Waals surface area contributed by atoms with Gasteiger partial charge in [-0.25, -0.2) is 28.5 Å². The molecule has 1 saturated heterocycles. The second kappa shape index (κ2) is 19.8. The lowest BCUT2D eigenvalue weighted by Crippen LogP contribution is -2.46. The summed E-state index contributed by atoms with van der Waals surface area (Å²) in [6, 6.07) is 24.0. The van der Waals surface area contributed by atoms with E-state index in [0.29, 0.717) is 11.0 Å². The van der Waals surface area contributed by atoms with Crippen molar-refractivity contribution < 1.29 is 42.9 Å². The summed E-state index contributed by atoms with van der Waals surface area (Å²) in [6.07, 6.45) is 2.27. The molecule has 0 bridgehead atoms. The fraction of sp³-hybridized carbons (Fsp3) is 0.333. The maximum absolute atomic E-state index is 14.1. The molecular formula is C42H44N2O11. The van der Waals surface area contributed by atoms with Crippen molar-refractivity contribution >= 4 is 30.0 Å². The van der Waals surface area contributed by atoms with E-state index in [2.05, 4.69) is 11.9 Å². The van der Waals surface area contributed by atoms with Crippen molar-refractivity contribution in [3.63, 3.8) is 0 Å². The molecular weight excluding hydrogens is 708 g/mol. The van der Waals surface area contributed by atoms with Crippen LogP contribution in [0.15, 0.2) is 107 Å². The zero-order valence-electron chi connectivity index (χ0n) is 30.7. The smallest absolute Gasteiger partial charge is 0.338 e. The minimum atomic E-state index is -1.69. The highest BCUT2D eigenvalue weighted by Crippen LogP contribution is 2.34. The molecule has 4 aromatic rings. The number of hydrogen-bond donors (Lipinski definition) is 1. The van der Waals surface area contributed by atoms with Gasteiger partial charge in [-0.2, -0.15) is 0 Å². The first kappa shape index (κ1) is 40.1. The number of hydrogen-bond acceptors (Lipinski definition) is 11. The summed E-state index contributed by atoms with van der Waals surface area (Å²) in [6.45, 7) is 3.31. The van der Waals surface area contributed by atoms with Gasteiger partial charge in [-0.15, -0.1) is 0 Å². The van der Waals surface area contributed by atoms with E-state index in [0.717, 1.165) is 38.2 Å². The number of benzene rings is 3. The van der Waals surface area contributed by atoms with Crippen LogP contribution < -0.4 is 11.2 Å². The summed E-state index contributed by atoms with van der Waals surface area (Å²) in [5.41, 5.74) is -1.27. The van der Waals surface area contributed by atoms with Gasteiger partial charge >= 0.3 is 29.6 Å². The molecule has 5 rings (SSSR count). The molecule has 1 aliphatic rings. The Morgan fingerprint density at radius 2 is 1.24 bits per heavy atom. The average Bonchev–Trinajstić information content (AvgIpc) is 3.52. The molecule has 13 heteroatoms. The summed E-state index contributed by atoms with van der Waals surface area (Å²) >= 11 is 0. The van der Waals surface area contributed by atoms with Gasteiger partial charge in [-0.3, -0.25) is 4.79 Å². The molecule has 1 fully saturated rings. The van der Waals surface area contributed by atoms with Crippen molar-refractivity contribution in [1.82, 2.24) is 9.55 Å². The summed E-state index contributed by atoms with van der Waals surface area (Å²) in [5, 5.41) is 0. The lowest BCUT2D eigenvalue weighted by molar-refractivity contribution is -0.137. The Labute approximate surface area is 317 Å². The molecule has 3 aromatic carbocycles. The quantitative estimate of drug-likeness (QED) is 0.0584. The van der Waals surface area contributed by atoms with Crippen LogP contribution in [0.3, 0.4) is 0 Å². The lowest BCUT2D eigenvalue weighted by atomic mass is 10.1. The number of carbonyl (C=O) groups excluding carboxylic acids is 4. The molecule has 0 radical (unpaired) electrons. The lowest BCUT2D eigenvalue weighted by Gasteiger charge is -2.25. The Kier molecular flexibility index (Phi) is 14.5. The summed E-state index contributed by atoms with van der Waals surface area (Å²) in [7, 11) is 0. The van der Waals surface area contributed by atoms with Gasteiger partial charge in [0.2, 0.25) is 0 Å². The zero-order valence-corrected chi connectivity index (χ0v) is 30.7. The Morgan fingerprint density at radius 1 is 0.709 bits per heavy atom. The van der Waals surface area contributed by atoms with E-state index >= 15 is 0 Å². The number of unbranched alkanes of at least 4 members (excludes halogenated alkanes) is 5. The standard InChI is InChI=1S/C42H44N2O11/c1-3-4-5-6-7-17-26-51-34(45)25-24-32-28(2)43-42(50)44(37(32)46)38-36(55-41(49)31-22-15-10-16-23-31)35(54-40(48)30-20-13-9-14-21-30)33(53-38)27-52-39(47)29-18-11-8-12-19-29/h8-16,18-25,33,35-36,38H,3-7,17,26-27H2,1-2H3,(H,43,50)/b25-24+/t33-,35-,36-,38+/m0/s1. The molecule has 288 valence electrons. The first-order valence-electron chi connectivity index (χ1n) is 18.3. The van der Waals surface area contributed by atoms with Crippen LogP contribution in [0.1, 0.15) is 94.0 Å². The number of rotatable bonds is 17. The normalized spacial score (nSPS) is 17.8. The number of H-pyrrole nitrogens is 1. The van der Waals surface area contributed by atoms with Crippen LogP contribution in [-0.4, -0.2) is 65.0 Å². The Balaban J connectivity index is 1.48. The highest BCUT2D eigenvalue weighted by Gasteiger charge is 2.52. The number of carbonyl (C=O) groups is 4. The fourth-order valence-corrected chi connectivity index (χ4v) is 6.02.